The van der Waals surface area contributed by atoms with Gasteiger partial charge in [0.1, 0.15) is 11.1 Å². The van der Waals surface area contributed by atoms with E-state index in [9.17, 15) is 13.6 Å². The first-order valence-corrected chi connectivity index (χ1v) is 6.73. The van der Waals surface area contributed by atoms with E-state index >= 15 is 0 Å². The highest BCUT2D eigenvalue weighted by Gasteiger charge is 2.14. The Balaban J connectivity index is 2.41. The lowest BCUT2D eigenvalue weighted by atomic mass is 10.1. The van der Waals surface area contributed by atoms with Crippen LogP contribution >= 0.6 is 0 Å². The second kappa shape index (κ2) is 6.52. The summed E-state index contributed by atoms with van der Waals surface area (Å²) in [4.78, 5) is 11.9. The maximum absolute atomic E-state index is 14.2. The lowest BCUT2D eigenvalue weighted by molar-refractivity contribution is 0.322. The topological polar surface area (TPSA) is 39.4 Å². The normalized spacial score (nSPS) is 11.9. The van der Waals surface area contributed by atoms with Gasteiger partial charge in [0.05, 0.1) is 12.4 Å². The monoisotopic (exact) mass is 294 g/mol. The van der Waals surface area contributed by atoms with E-state index in [1.807, 2.05) is 0 Å². The molecule has 1 heterocycles. The fourth-order valence-electron chi connectivity index (χ4n) is 2.08. The van der Waals surface area contributed by atoms with Crippen molar-refractivity contribution < 1.29 is 17.9 Å². The van der Waals surface area contributed by atoms with E-state index in [0.717, 1.165) is 0 Å². The summed E-state index contributed by atoms with van der Waals surface area (Å²) in [6, 6.07) is 4.69. The Kier molecular flexibility index (Phi) is 4.73. The van der Waals surface area contributed by atoms with Crippen LogP contribution in [0, 0.1) is 5.82 Å². The van der Waals surface area contributed by atoms with Crippen molar-refractivity contribution in [1.29, 1.82) is 0 Å². The van der Waals surface area contributed by atoms with Crippen LogP contribution in [0.25, 0.3) is 10.8 Å². The summed E-state index contributed by atoms with van der Waals surface area (Å²) < 4.78 is 37.0. The minimum Gasteiger partial charge on any atom is -0.491 e. The maximum atomic E-state index is 14.2. The minimum atomic E-state index is -0.748. The largest absolute Gasteiger partial charge is 0.491 e. The second-order valence-electron chi connectivity index (χ2n) is 4.60. The first-order valence-electron chi connectivity index (χ1n) is 6.73. The number of fused-ring (bicyclic) bond motifs is 1. The fraction of sp³-hybridized carbons (Fsp3) is 0.312. The van der Waals surface area contributed by atoms with Gasteiger partial charge in [-0.2, -0.15) is 0 Å². The Bertz CT molecular complexity index is 728. The van der Waals surface area contributed by atoms with E-state index in [1.165, 1.54) is 19.1 Å². The molecule has 0 aliphatic heterocycles. The van der Waals surface area contributed by atoms with Crippen molar-refractivity contribution in [1.82, 2.24) is 0 Å². The van der Waals surface area contributed by atoms with Crippen molar-refractivity contribution in [2.24, 2.45) is 0 Å². The van der Waals surface area contributed by atoms with Crippen LogP contribution in [-0.2, 0) is 6.42 Å². The molecule has 5 heteroatoms. The van der Waals surface area contributed by atoms with Crippen molar-refractivity contribution in [2.75, 3.05) is 6.61 Å². The molecule has 0 saturated carbocycles. The standard InChI is InChI=1S/C16H16F2O3/c1-3-20-13-8-7-11-9-12(6-4-5-10(2)17)21-16(19)14(11)15(13)18/h5,7-9H,3-4,6H2,1-2H3/b10-5-. The van der Waals surface area contributed by atoms with Crippen LogP contribution in [0.5, 0.6) is 5.75 Å². The molecule has 112 valence electrons. The van der Waals surface area contributed by atoms with Crippen molar-refractivity contribution in [2.45, 2.75) is 26.7 Å². The third-order valence-electron chi connectivity index (χ3n) is 3.00. The van der Waals surface area contributed by atoms with Gasteiger partial charge in [-0.15, -0.1) is 0 Å². The maximum Gasteiger partial charge on any atom is 0.346 e. The number of ether oxygens (including phenoxy) is 1. The summed E-state index contributed by atoms with van der Waals surface area (Å²) >= 11 is 0. The van der Waals surface area contributed by atoms with Crippen molar-refractivity contribution in [3.63, 3.8) is 0 Å². The predicted molar refractivity (Wildman–Crippen MR) is 76.8 cm³/mol. The smallest absolute Gasteiger partial charge is 0.346 e. The van der Waals surface area contributed by atoms with E-state index in [2.05, 4.69) is 0 Å². The fourth-order valence-corrected chi connectivity index (χ4v) is 2.08. The average Bonchev–Trinajstić information content (AvgIpc) is 2.41. The number of halogens is 2. The number of hydrogen-bond donors (Lipinski definition) is 0. The van der Waals surface area contributed by atoms with Gasteiger partial charge in [-0.1, -0.05) is 12.1 Å². The van der Waals surface area contributed by atoms with E-state index < -0.39 is 11.4 Å². The number of allylic oxidation sites excluding steroid dienone is 2. The lowest BCUT2D eigenvalue weighted by Crippen LogP contribution is -2.06. The van der Waals surface area contributed by atoms with Crippen LogP contribution in [0.3, 0.4) is 0 Å². The van der Waals surface area contributed by atoms with Crippen LogP contribution in [-0.4, -0.2) is 6.61 Å². The van der Waals surface area contributed by atoms with Crippen molar-refractivity contribution in [3.05, 3.63) is 52.1 Å². The summed E-state index contributed by atoms with van der Waals surface area (Å²) in [6.07, 6.45) is 2.19. The summed E-state index contributed by atoms with van der Waals surface area (Å²) in [7, 11) is 0. The van der Waals surface area contributed by atoms with Gasteiger partial charge in [0.2, 0.25) is 0 Å². The summed E-state index contributed by atoms with van der Waals surface area (Å²) in [5.74, 6) is -0.575. The van der Waals surface area contributed by atoms with Gasteiger partial charge in [-0.3, -0.25) is 0 Å². The van der Waals surface area contributed by atoms with Gasteiger partial charge in [0.25, 0.3) is 0 Å². The summed E-state index contributed by atoms with van der Waals surface area (Å²) in [6.45, 7) is 3.39. The first-order chi connectivity index (χ1) is 10.0. The Morgan fingerprint density at radius 3 is 2.86 bits per heavy atom. The molecular formula is C16H16F2O3. The molecule has 0 spiro atoms. The van der Waals surface area contributed by atoms with Gasteiger partial charge in [-0.05, 0) is 37.8 Å². The zero-order valence-electron chi connectivity index (χ0n) is 11.9. The van der Waals surface area contributed by atoms with Crippen LogP contribution in [0.2, 0.25) is 0 Å². The zero-order valence-corrected chi connectivity index (χ0v) is 11.9. The summed E-state index contributed by atoms with van der Waals surface area (Å²) in [5.41, 5.74) is -0.748. The predicted octanol–water partition coefficient (Wildman–Crippen LogP) is 4.14. The van der Waals surface area contributed by atoms with E-state index in [0.29, 0.717) is 30.6 Å². The molecule has 0 unspecified atom stereocenters. The quantitative estimate of drug-likeness (QED) is 0.832. The lowest BCUT2D eigenvalue weighted by Gasteiger charge is -2.07. The van der Waals surface area contributed by atoms with Crippen molar-refractivity contribution >= 4 is 10.8 Å². The molecule has 0 saturated heterocycles. The number of benzene rings is 1. The number of rotatable bonds is 5. The number of hydrogen-bond acceptors (Lipinski definition) is 3. The highest BCUT2D eigenvalue weighted by molar-refractivity contribution is 5.83. The Morgan fingerprint density at radius 2 is 2.19 bits per heavy atom. The molecule has 0 bridgehead atoms. The molecule has 2 rings (SSSR count). The molecule has 21 heavy (non-hydrogen) atoms. The summed E-state index contributed by atoms with van der Waals surface area (Å²) in [5, 5.41) is 0.324. The van der Waals surface area contributed by atoms with Gasteiger partial charge in [0, 0.05) is 6.42 Å². The van der Waals surface area contributed by atoms with Crippen LogP contribution in [0.15, 0.2) is 39.3 Å². The molecule has 0 aliphatic rings. The third kappa shape index (κ3) is 3.48. The second-order valence-corrected chi connectivity index (χ2v) is 4.60. The zero-order chi connectivity index (χ0) is 15.4. The van der Waals surface area contributed by atoms with E-state index in [1.54, 1.807) is 19.1 Å². The molecule has 0 N–H and O–H groups in total. The van der Waals surface area contributed by atoms with E-state index in [4.69, 9.17) is 9.15 Å². The molecule has 0 fully saturated rings. The highest BCUT2D eigenvalue weighted by atomic mass is 19.1. The molecule has 0 amide bonds. The average molecular weight is 294 g/mol. The Hall–Kier alpha value is -2.17. The van der Waals surface area contributed by atoms with Crippen LogP contribution in [0.4, 0.5) is 8.78 Å². The Labute approximate surface area is 120 Å². The van der Waals surface area contributed by atoms with Crippen LogP contribution < -0.4 is 10.4 Å². The molecule has 1 aromatic carbocycles. The van der Waals surface area contributed by atoms with Crippen molar-refractivity contribution in [3.8, 4) is 5.75 Å². The highest BCUT2D eigenvalue weighted by Crippen LogP contribution is 2.25. The molecule has 1 aromatic heterocycles. The first kappa shape index (κ1) is 15.2. The minimum absolute atomic E-state index is 0.0287. The SMILES string of the molecule is CCOc1ccc2cc(CC/C=C(/C)F)oc(=O)c2c1F. The van der Waals surface area contributed by atoms with Gasteiger partial charge in [0.15, 0.2) is 11.6 Å². The van der Waals surface area contributed by atoms with Gasteiger partial charge >= 0.3 is 5.63 Å². The van der Waals surface area contributed by atoms with Crippen LogP contribution in [0.1, 0.15) is 26.0 Å². The molecule has 0 aliphatic carbocycles. The number of aryl methyl sites for hydroxylation is 1. The third-order valence-corrected chi connectivity index (χ3v) is 3.00. The molecule has 3 nitrogen and oxygen atoms in total. The van der Waals surface area contributed by atoms with E-state index in [-0.39, 0.29) is 17.0 Å². The molecule has 0 radical (unpaired) electrons. The Morgan fingerprint density at radius 1 is 1.43 bits per heavy atom. The molecular weight excluding hydrogens is 278 g/mol. The van der Waals surface area contributed by atoms with Gasteiger partial charge in [-0.25, -0.2) is 13.6 Å². The molecule has 0 atom stereocenters. The van der Waals surface area contributed by atoms with Gasteiger partial charge < -0.3 is 9.15 Å². The molecule has 2 aromatic rings.